The Labute approximate surface area is 159 Å². The standard InChI is InChI=1S/C15H14Cl3N5O2/c1-3-9-11(10(4-2)20-6-19-9)21-15(25)23-14(24)7-5-8(16)13(18)22-12(7)17/h5-6H,3-4H2,1-2H3,(H2,21,23,24,25). The third-order valence-electron chi connectivity index (χ3n) is 3.27. The fourth-order valence-corrected chi connectivity index (χ4v) is 2.62. The molecule has 0 bridgehead atoms. The van der Waals surface area contributed by atoms with Crippen LogP contribution in [0.4, 0.5) is 10.5 Å². The minimum atomic E-state index is -0.762. The average molecular weight is 403 g/mol. The van der Waals surface area contributed by atoms with Crippen molar-refractivity contribution in [1.29, 1.82) is 0 Å². The Morgan fingerprint density at radius 1 is 1.04 bits per heavy atom. The minimum Gasteiger partial charge on any atom is -0.304 e. The number of carbonyl (C=O) groups is 2. The van der Waals surface area contributed by atoms with Gasteiger partial charge >= 0.3 is 6.03 Å². The molecule has 0 aliphatic carbocycles. The van der Waals surface area contributed by atoms with Crippen LogP contribution < -0.4 is 10.6 Å². The first kappa shape index (κ1) is 19.4. The Morgan fingerprint density at radius 2 is 1.64 bits per heavy atom. The van der Waals surface area contributed by atoms with Crippen molar-refractivity contribution < 1.29 is 9.59 Å². The monoisotopic (exact) mass is 401 g/mol. The van der Waals surface area contributed by atoms with Crippen LogP contribution in [0.1, 0.15) is 35.6 Å². The van der Waals surface area contributed by atoms with Crippen LogP contribution in [0.3, 0.4) is 0 Å². The topological polar surface area (TPSA) is 96.9 Å². The lowest BCUT2D eigenvalue weighted by atomic mass is 10.2. The molecule has 2 heterocycles. The summed E-state index contributed by atoms with van der Waals surface area (Å²) >= 11 is 17.4. The van der Waals surface area contributed by atoms with Gasteiger partial charge < -0.3 is 5.32 Å². The van der Waals surface area contributed by atoms with Crippen LogP contribution in [-0.4, -0.2) is 26.9 Å². The number of anilines is 1. The Hall–Kier alpha value is -1.96. The zero-order valence-corrected chi connectivity index (χ0v) is 15.6. The molecule has 132 valence electrons. The van der Waals surface area contributed by atoms with Gasteiger partial charge in [-0.3, -0.25) is 10.1 Å². The van der Waals surface area contributed by atoms with E-state index >= 15 is 0 Å². The molecule has 0 fully saturated rings. The van der Waals surface area contributed by atoms with Crippen LogP contribution in [0.5, 0.6) is 0 Å². The van der Waals surface area contributed by atoms with E-state index in [-0.39, 0.29) is 20.9 Å². The zero-order chi connectivity index (χ0) is 18.6. The Morgan fingerprint density at radius 3 is 2.20 bits per heavy atom. The number of imide groups is 1. The van der Waals surface area contributed by atoms with Crippen molar-refractivity contribution in [2.75, 3.05) is 5.32 Å². The highest BCUT2D eigenvalue weighted by atomic mass is 35.5. The van der Waals surface area contributed by atoms with Gasteiger partial charge in [0.05, 0.1) is 27.7 Å². The number of nitrogens with zero attached hydrogens (tertiary/aromatic N) is 3. The second kappa shape index (κ2) is 8.42. The molecule has 10 heteroatoms. The van der Waals surface area contributed by atoms with E-state index in [9.17, 15) is 9.59 Å². The van der Waals surface area contributed by atoms with Gasteiger partial charge in [-0.15, -0.1) is 0 Å². The van der Waals surface area contributed by atoms with Gasteiger partial charge in [0.1, 0.15) is 16.6 Å². The number of halogens is 3. The zero-order valence-electron chi connectivity index (χ0n) is 13.4. The molecule has 0 aliphatic heterocycles. The number of amides is 3. The third kappa shape index (κ3) is 4.56. The molecule has 0 atom stereocenters. The SMILES string of the molecule is CCc1ncnc(CC)c1NC(=O)NC(=O)c1cc(Cl)c(Cl)nc1Cl. The average Bonchev–Trinajstić information content (AvgIpc) is 2.58. The molecule has 25 heavy (non-hydrogen) atoms. The lowest BCUT2D eigenvalue weighted by Crippen LogP contribution is -2.35. The summed E-state index contributed by atoms with van der Waals surface area (Å²) in [5.74, 6) is -0.762. The second-order valence-electron chi connectivity index (χ2n) is 4.86. The van der Waals surface area contributed by atoms with Crippen molar-refractivity contribution in [3.05, 3.63) is 44.7 Å². The maximum Gasteiger partial charge on any atom is 0.326 e. The highest BCUT2D eigenvalue weighted by Crippen LogP contribution is 2.25. The van der Waals surface area contributed by atoms with Gasteiger partial charge in [-0.2, -0.15) is 0 Å². The molecule has 0 aliphatic rings. The largest absolute Gasteiger partial charge is 0.326 e. The van der Waals surface area contributed by atoms with E-state index in [0.29, 0.717) is 29.9 Å². The van der Waals surface area contributed by atoms with Crippen LogP contribution >= 0.6 is 34.8 Å². The molecule has 2 aromatic rings. The van der Waals surface area contributed by atoms with Gasteiger partial charge in [-0.05, 0) is 18.9 Å². The predicted molar refractivity (Wildman–Crippen MR) is 96.5 cm³/mol. The summed E-state index contributed by atoms with van der Waals surface area (Å²) < 4.78 is 0. The lowest BCUT2D eigenvalue weighted by molar-refractivity contribution is 0.0967. The maximum absolute atomic E-state index is 12.2. The van der Waals surface area contributed by atoms with Crippen molar-refractivity contribution in [2.24, 2.45) is 0 Å². The molecule has 0 saturated carbocycles. The molecule has 0 aromatic carbocycles. The number of nitrogens with one attached hydrogen (secondary N) is 2. The van der Waals surface area contributed by atoms with E-state index < -0.39 is 11.9 Å². The highest BCUT2D eigenvalue weighted by Gasteiger charge is 2.19. The molecule has 0 spiro atoms. The number of carbonyl (C=O) groups excluding carboxylic acids is 2. The lowest BCUT2D eigenvalue weighted by Gasteiger charge is -2.13. The number of aromatic nitrogens is 3. The van der Waals surface area contributed by atoms with Crippen LogP contribution in [0.25, 0.3) is 0 Å². The third-order valence-corrected chi connectivity index (χ3v) is 4.23. The fraction of sp³-hybridized carbons (Fsp3) is 0.267. The molecular weight excluding hydrogens is 389 g/mol. The van der Waals surface area contributed by atoms with Gasteiger partial charge in [-0.1, -0.05) is 48.7 Å². The number of hydrogen-bond acceptors (Lipinski definition) is 5. The molecule has 0 saturated heterocycles. The molecule has 2 N–H and O–H groups in total. The number of aryl methyl sites for hydroxylation is 2. The van der Waals surface area contributed by atoms with Gasteiger partial charge in [-0.25, -0.2) is 19.7 Å². The van der Waals surface area contributed by atoms with Crippen molar-refractivity contribution in [3.8, 4) is 0 Å². The molecule has 0 unspecified atom stereocenters. The molecular formula is C15H14Cl3N5O2. The molecule has 3 amide bonds. The predicted octanol–water partition coefficient (Wildman–Crippen LogP) is 3.92. The Balaban J connectivity index is 2.19. The first-order valence-corrected chi connectivity index (χ1v) is 8.47. The minimum absolute atomic E-state index is 0.0331. The van der Waals surface area contributed by atoms with Gasteiger partial charge in [0, 0.05) is 0 Å². The van der Waals surface area contributed by atoms with Crippen LogP contribution in [0.15, 0.2) is 12.4 Å². The van der Waals surface area contributed by atoms with E-state index in [0.717, 1.165) is 0 Å². The molecule has 2 rings (SSSR count). The quantitative estimate of drug-likeness (QED) is 0.756. The van der Waals surface area contributed by atoms with E-state index in [4.69, 9.17) is 34.8 Å². The van der Waals surface area contributed by atoms with E-state index in [1.165, 1.54) is 12.4 Å². The second-order valence-corrected chi connectivity index (χ2v) is 5.98. The normalized spacial score (nSPS) is 10.4. The van der Waals surface area contributed by atoms with Gasteiger partial charge in [0.25, 0.3) is 5.91 Å². The van der Waals surface area contributed by atoms with E-state index in [1.54, 1.807) is 0 Å². The number of hydrogen-bond donors (Lipinski definition) is 2. The maximum atomic E-state index is 12.2. The van der Waals surface area contributed by atoms with Crippen LogP contribution in [-0.2, 0) is 12.8 Å². The molecule has 2 aromatic heterocycles. The molecule has 0 radical (unpaired) electrons. The van der Waals surface area contributed by atoms with Crippen molar-refractivity contribution in [1.82, 2.24) is 20.3 Å². The summed E-state index contributed by atoms with van der Waals surface area (Å²) in [6.07, 6.45) is 2.64. The summed E-state index contributed by atoms with van der Waals surface area (Å²) in [7, 11) is 0. The summed E-state index contributed by atoms with van der Waals surface area (Å²) in [6.45, 7) is 3.80. The first-order chi connectivity index (χ1) is 11.9. The van der Waals surface area contributed by atoms with Crippen molar-refractivity contribution >= 4 is 52.4 Å². The number of urea groups is 1. The van der Waals surface area contributed by atoms with Crippen molar-refractivity contribution in [3.63, 3.8) is 0 Å². The summed E-state index contributed by atoms with van der Waals surface area (Å²) in [6, 6.07) is 0.494. The smallest absolute Gasteiger partial charge is 0.304 e. The Bertz CT molecular complexity index is 807. The first-order valence-electron chi connectivity index (χ1n) is 7.33. The number of rotatable bonds is 4. The van der Waals surface area contributed by atoms with E-state index in [2.05, 4.69) is 25.6 Å². The summed E-state index contributed by atoms with van der Waals surface area (Å²) in [5, 5.41) is 4.63. The fourth-order valence-electron chi connectivity index (χ4n) is 2.06. The van der Waals surface area contributed by atoms with E-state index in [1.807, 2.05) is 13.8 Å². The van der Waals surface area contributed by atoms with Crippen LogP contribution in [0.2, 0.25) is 15.3 Å². The van der Waals surface area contributed by atoms with Crippen LogP contribution in [0, 0.1) is 0 Å². The summed E-state index contributed by atoms with van der Waals surface area (Å²) in [5.41, 5.74) is 1.76. The Kier molecular flexibility index (Phi) is 6.52. The van der Waals surface area contributed by atoms with Gasteiger partial charge in [0.2, 0.25) is 0 Å². The number of pyridine rings is 1. The van der Waals surface area contributed by atoms with Gasteiger partial charge in [0.15, 0.2) is 0 Å². The van der Waals surface area contributed by atoms with Crippen molar-refractivity contribution in [2.45, 2.75) is 26.7 Å². The summed E-state index contributed by atoms with van der Waals surface area (Å²) in [4.78, 5) is 36.4. The molecule has 7 nitrogen and oxygen atoms in total. The highest BCUT2D eigenvalue weighted by molar-refractivity contribution is 6.42.